The number of nitrogens with zero attached hydrogens (tertiary/aromatic N) is 1. The van der Waals surface area contributed by atoms with Crippen LogP contribution >= 0.6 is 15.9 Å². The Morgan fingerprint density at radius 1 is 1.62 bits per heavy atom. The molecular formula is C11H12BrNO3. The van der Waals surface area contributed by atoms with Crippen LogP contribution in [-0.4, -0.2) is 17.1 Å². The Morgan fingerprint density at radius 2 is 2.31 bits per heavy atom. The van der Waals surface area contributed by atoms with Crippen molar-refractivity contribution in [1.82, 2.24) is 4.57 Å². The maximum atomic E-state index is 11.4. The van der Waals surface area contributed by atoms with E-state index in [9.17, 15) is 9.59 Å². The van der Waals surface area contributed by atoms with Crippen molar-refractivity contribution < 1.29 is 9.53 Å². The first-order chi connectivity index (χ1) is 7.54. The van der Waals surface area contributed by atoms with Crippen molar-refractivity contribution in [1.29, 1.82) is 0 Å². The van der Waals surface area contributed by atoms with Crippen molar-refractivity contribution in [2.45, 2.75) is 6.92 Å². The van der Waals surface area contributed by atoms with Crippen LogP contribution in [0.4, 0.5) is 0 Å². The molecule has 0 aliphatic heterocycles. The van der Waals surface area contributed by atoms with Gasteiger partial charge in [-0.2, -0.15) is 0 Å². The number of rotatable bonds is 3. The molecule has 0 N–H and O–H groups in total. The van der Waals surface area contributed by atoms with Crippen molar-refractivity contribution in [3.63, 3.8) is 0 Å². The van der Waals surface area contributed by atoms with Crippen LogP contribution in [0, 0.1) is 0 Å². The number of esters is 1. The third-order valence-electron chi connectivity index (χ3n) is 1.89. The second kappa shape index (κ2) is 5.65. The first kappa shape index (κ1) is 12.7. The second-order valence-electron chi connectivity index (χ2n) is 3.11. The van der Waals surface area contributed by atoms with Crippen molar-refractivity contribution in [3.05, 3.63) is 38.7 Å². The predicted octanol–water partition coefficient (Wildman–Crippen LogP) is 1.72. The number of ether oxygens (including phenoxy) is 1. The molecule has 0 amide bonds. The first-order valence-corrected chi connectivity index (χ1v) is 5.55. The van der Waals surface area contributed by atoms with Gasteiger partial charge in [-0.3, -0.25) is 4.79 Å². The summed E-state index contributed by atoms with van der Waals surface area (Å²) in [6, 6.07) is 1.44. The van der Waals surface area contributed by atoms with E-state index >= 15 is 0 Å². The molecule has 0 radical (unpaired) electrons. The second-order valence-corrected chi connectivity index (χ2v) is 3.97. The number of pyridine rings is 1. The SMILES string of the molecule is CCOC(=O)/C=C/c1cc(=O)n(C)cc1Br. The normalized spacial score (nSPS) is 10.7. The Bertz CT molecular complexity index is 477. The third kappa shape index (κ3) is 3.34. The van der Waals surface area contributed by atoms with E-state index < -0.39 is 5.97 Å². The molecule has 0 fully saturated rings. The van der Waals surface area contributed by atoms with Crippen LogP contribution < -0.4 is 5.56 Å². The summed E-state index contributed by atoms with van der Waals surface area (Å²) in [5.41, 5.74) is 0.517. The van der Waals surface area contributed by atoms with E-state index in [-0.39, 0.29) is 5.56 Å². The zero-order valence-electron chi connectivity index (χ0n) is 9.07. The average Bonchev–Trinajstić information content (AvgIpc) is 2.22. The van der Waals surface area contributed by atoms with Gasteiger partial charge in [0.2, 0.25) is 0 Å². The molecule has 0 aliphatic rings. The molecular weight excluding hydrogens is 274 g/mol. The number of aryl methyl sites for hydroxylation is 1. The van der Waals surface area contributed by atoms with Crippen LogP contribution in [0.2, 0.25) is 0 Å². The van der Waals surface area contributed by atoms with E-state index in [4.69, 9.17) is 4.74 Å². The van der Waals surface area contributed by atoms with E-state index in [0.717, 1.165) is 4.47 Å². The zero-order chi connectivity index (χ0) is 12.1. The highest BCUT2D eigenvalue weighted by molar-refractivity contribution is 9.10. The van der Waals surface area contributed by atoms with Gasteiger partial charge in [0.25, 0.3) is 5.56 Å². The van der Waals surface area contributed by atoms with Gasteiger partial charge in [-0.25, -0.2) is 4.79 Å². The lowest BCUT2D eigenvalue weighted by molar-refractivity contribution is -0.137. The summed E-state index contributed by atoms with van der Waals surface area (Å²) in [5, 5.41) is 0. The maximum Gasteiger partial charge on any atom is 0.330 e. The van der Waals surface area contributed by atoms with Gasteiger partial charge in [0.1, 0.15) is 0 Å². The van der Waals surface area contributed by atoms with E-state index in [1.807, 2.05) is 0 Å². The van der Waals surface area contributed by atoms with Gasteiger partial charge in [0, 0.05) is 29.9 Å². The summed E-state index contributed by atoms with van der Waals surface area (Å²) in [7, 11) is 1.66. The van der Waals surface area contributed by atoms with Crippen molar-refractivity contribution in [2.24, 2.45) is 7.05 Å². The fraction of sp³-hybridized carbons (Fsp3) is 0.273. The van der Waals surface area contributed by atoms with Crippen molar-refractivity contribution in [3.8, 4) is 0 Å². The molecule has 0 bridgehead atoms. The van der Waals surface area contributed by atoms with Gasteiger partial charge in [-0.05, 0) is 34.5 Å². The molecule has 0 unspecified atom stereocenters. The molecule has 0 aromatic carbocycles. The van der Waals surface area contributed by atoms with Gasteiger partial charge < -0.3 is 9.30 Å². The molecule has 1 aromatic rings. The molecule has 5 heteroatoms. The molecule has 16 heavy (non-hydrogen) atoms. The number of hydrogen-bond acceptors (Lipinski definition) is 3. The molecule has 4 nitrogen and oxygen atoms in total. The van der Waals surface area contributed by atoms with E-state index in [1.54, 1.807) is 26.2 Å². The highest BCUT2D eigenvalue weighted by Crippen LogP contribution is 2.15. The molecule has 0 atom stereocenters. The van der Waals surface area contributed by atoms with Gasteiger partial charge in [-0.15, -0.1) is 0 Å². The Hall–Kier alpha value is -1.36. The Balaban J connectivity index is 2.94. The van der Waals surface area contributed by atoms with Crippen LogP contribution in [0.5, 0.6) is 0 Å². The lowest BCUT2D eigenvalue weighted by Gasteiger charge is -2.01. The smallest absolute Gasteiger partial charge is 0.330 e. The van der Waals surface area contributed by atoms with Crippen LogP contribution in [0.3, 0.4) is 0 Å². The van der Waals surface area contributed by atoms with Crippen LogP contribution in [-0.2, 0) is 16.6 Å². The standard InChI is InChI=1S/C11H12BrNO3/c1-3-16-11(15)5-4-8-6-10(14)13(2)7-9(8)12/h4-7H,3H2,1-2H3/b5-4+. The molecule has 0 spiro atoms. The van der Waals surface area contributed by atoms with Gasteiger partial charge >= 0.3 is 5.97 Å². The Morgan fingerprint density at radius 3 is 2.94 bits per heavy atom. The van der Waals surface area contributed by atoms with Crippen molar-refractivity contribution >= 4 is 28.0 Å². The molecule has 0 saturated heterocycles. The van der Waals surface area contributed by atoms with Crippen LogP contribution in [0.15, 0.2) is 27.6 Å². The maximum absolute atomic E-state index is 11.4. The first-order valence-electron chi connectivity index (χ1n) is 4.75. The summed E-state index contributed by atoms with van der Waals surface area (Å²) in [6.07, 6.45) is 4.49. The fourth-order valence-electron chi connectivity index (χ4n) is 1.09. The summed E-state index contributed by atoms with van der Waals surface area (Å²) in [4.78, 5) is 22.4. The number of hydrogen-bond donors (Lipinski definition) is 0. The zero-order valence-corrected chi connectivity index (χ0v) is 10.7. The molecule has 0 saturated carbocycles. The topological polar surface area (TPSA) is 48.3 Å². The van der Waals surface area contributed by atoms with Gasteiger partial charge in [0.15, 0.2) is 0 Å². The minimum absolute atomic E-state index is 0.133. The molecule has 1 aromatic heterocycles. The molecule has 1 heterocycles. The van der Waals surface area contributed by atoms with Crippen LogP contribution in [0.1, 0.15) is 12.5 Å². The number of carbonyl (C=O) groups excluding carboxylic acids is 1. The minimum atomic E-state index is -0.421. The fourth-order valence-corrected chi connectivity index (χ4v) is 1.64. The van der Waals surface area contributed by atoms with E-state index in [1.165, 1.54) is 16.7 Å². The Labute approximate surface area is 102 Å². The van der Waals surface area contributed by atoms with Gasteiger partial charge in [0.05, 0.1) is 6.61 Å². The third-order valence-corrected chi connectivity index (χ3v) is 2.56. The molecule has 86 valence electrons. The van der Waals surface area contributed by atoms with Crippen molar-refractivity contribution in [2.75, 3.05) is 6.61 Å². The molecule has 1 rings (SSSR count). The monoisotopic (exact) mass is 285 g/mol. The van der Waals surface area contributed by atoms with Gasteiger partial charge in [-0.1, -0.05) is 0 Å². The number of aromatic nitrogens is 1. The summed E-state index contributed by atoms with van der Waals surface area (Å²) >= 11 is 3.31. The predicted molar refractivity (Wildman–Crippen MR) is 65.1 cm³/mol. The number of halogens is 1. The minimum Gasteiger partial charge on any atom is -0.463 e. The largest absolute Gasteiger partial charge is 0.463 e. The lowest BCUT2D eigenvalue weighted by Crippen LogP contribution is -2.15. The highest BCUT2D eigenvalue weighted by Gasteiger charge is 2.01. The van der Waals surface area contributed by atoms with E-state index in [2.05, 4.69) is 15.9 Å². The molecule has 0 aliphatic carbocycles. The Kier molecular flexibility index (Phi) is 4.49. The summed E-state index contributed by atoms with van der Waals surface area (Å²) < 4.78 is 6.93. The summed E-state index contributed by atoms with van der Waals surface area (Å²) in [5.74, 6) is -0.421. The van der Waals surface area contributed by atoms with Crippen LogP contribution in [0.25, 0.3) is 6.08 Å². The number of carbonyl (C=O) groups is 1. The summed E-state index contributed by atoms with van der Waals surface area (Å²) in [6.45, 7) is 2.07. The lowest BCUT2D eigenvalue weighted by atomic mass is 10.2. The van der Waals surface area contributed by atoms with E-state index in [0.29, 0.717) is 12.2 Å². The highest BCUT2D eigenvalue weighted by atomic mass is 79.9. The average molecular weight is 286 g/mol. The quantitative estimate of drug-likeness (QED) is 0.628.